The van der Waals surface area contributed by atoms with Gasteiger partial charge in [-0.15, -0.1) is 0 Å². The lowest BCUT2D eigenvalue weighted by Crippen LogP contribution is -2.36. The van der Waals surface area contributed by atoms with Gasteiger partial charge >= 0.3 is 0 Å². The molecule has 1 aliphatic heterocycles. The van der Waals surface area contributed by atoms with E-state index in [-0.39, 0.29) is 17.2 Å². The number of hydrogen-bond acceptors (Lipinski definition) is 5. The van der Waals surface area contributed by atoms with E-state index >= 15 is 0 Å². The first-order valence-electron chi connectivity index (χ1n) is 9.34. The third-order valence-corrected chi connectivity index (χ3v) is 5.01. The van der Waals surface area contributed by atoms with E-state index in [1.165, 1.54) is 22.4 Å². The van der Waals surface area contributed by atoms with Gasteiger partial charge in [-0.1, -0.05) is 6.07 Å². The first-order chi connectivity index (χ1) is 14.0. The molecule has 3 heterocycles. The first-order valence-corrected chi connectivity index (χ1v) is 9.34. The number of amides is 1. The Balaban J connectivity index is 1.47. The van der Waals surface area contributed by atoms with Gasteiger partial charge in [-0.2, -0.15) is 0 Å². The van der Waals surface area contributed by atoms with E-state index in [2.05, 4.69) is 4.98 Å². The molecule has 3 aromatic rings. The first kappa shape index (κ1) is 18.7. The number of pyridine rings is 2. The van der Waals surface area contributed by atoms with Crippen LogP contribution >= 0.6 is 0 Å². The predicted molar refractivity (Wildman–Crippen MR) is 107 cm³/mol. The van der Waals surface area contributed by atoms with E-state index in [1.807, 2.05) is 18.2 Å². The second-order valence-corrected chi connectivity index (χ2v) is 7.07. The number of nitrogens with zero attached hydrogens (tertiary/aromatic N) is 3. The standard InChI is InChI=1S/C22H21N3O4/c1-24-12-16(3-7-21(24)27)22(28)25-9-8-15-2-6-20(10-17(15)13-25)29-14-18-4-5-19(26)11-23-18/h2-7,10-12,26H,8-9,13-14H2,1H3. The minimum atomic E-state index is -0.143. The number of ether oxygens (including phenoxy) is 1. The zero-order valence-electron chi connectivity index (χ0n) is 16.0. The molecule has 0 bridgehead atoms. The Labute approximate surface area is 167 Å². The average Bonchev–Trinajstić information content (AvgIpc) is 2.74. The number of hydrogen-bond donors (Lipinski definition) is 1. The van der Waals surface area contributed by atoms with Crippen LogP contribution in [0.25, 0.3) is 0 Å². The summed E-state index contributed by atoms with van der Waals surface area (Å²) >= 11 is 0. The molecule has 7 nitrogen and oxygen atoms in total. The number of aryl methyl sites for hydroxylation is 1. The molecule has 0 aliphatic carbocycles. The number of carbonyl (C=O) groups is 1. The highest BCUT2D eigenvalue weighted by molar-refractivity contribution is 5.94. The van der Waals surface area contributed by atoms with Crippen molar-refractivity contribution >= 4 is 5.91 Å². The molecule has 1 N–H and O–H groups in total. The van der Waals surface area contributed by atoms with Gasteiger partial charge in [0, 0.05) is 32.4 Å². The van der Waals surface area contributed by atoms with Crippen LogP contribution in [0.4, 0.5) is 0 Å². The molecule has 1 aromatic carbocycles. The molecule has 0 saturated carbocycles. The molecule has 29 heavy (non-hydrogen) atoms. The molecule has 148 valence electrons. The van der Waals surface area contributed by atoms with Crippen molar-refractivity contribution in [2.45, 2.75) is 19.6 Å². The van der Waals surface area contributed by atoms with Gasteiger partial charge in [-0.3, -0.25) is 14.6 Å². The maximum atomic E-state index is 12.8. The highest BCUT2D eigenvalue weighted by atomic mass is 16.5. The summed E-state index contributed by atoms with van der Waals surface area (Å²) in [5.74, 6) is 0.728. The van der Waals surface area contributed by atoms with E-state index in [1.54, 1.807) is 36.3 Å². The summed E-state index contributed by atoms with van der Waals surface area (Å²) in [6, 6.07) is 12.2. The molecule has 0 unspecified atom stereocenters. The summed E-state index contributed by atoms with van der Waals surface area (Å²) in [7, 11) is 1.64. The van der Waals surface area contributed by atoms with Crippen LogP contribution in [0, 0.1) is 0 Å². The van der Waals surface area contributed by atoms with Gasteiger partial charge in [0.2, 0.25) is 5.56 Å². The lowest BCUT2D eigenvalue weighted by molar-refractivity contribution is 0.0733. The zero-order chi connectivity index (χ0) is 20.4. The fourth-order valence-electron chi connectivity index (χ4n) is 3.36. The molecular formula is C22H21N3O4. The molecule has 1 amide bonds. The molecule has 4 rings (SSSR count). The van der Waals surface area contributed by atoms with Gasteiger partial charge in [0.25, 0.3) is 5.91 Å². The van der Waals surface area contributed by atoms with Crippen LogP contribution in [0.2, 0.25) is 0 Å². The molecule has 1 aliphatic rings. The molecular weight excluding hydrogens is 370 g/mol. The minimum Gasteiger partial charge on any atom is -0.506 e. The lowest BCUT2D eigenvalue weighted by Gasteiger charge is -2.29. The van der Waals surface area contributed by atoms with Gasteiger partial charge in [-0.05, 0) is 47.9 Å². The van der Waals surface area contributed by atoms with Crippen molar-refractivity contribution in [3.63, 3.8) is 0 Å². The minimum absolute atomic E-state index is 0.0918. The van der Waals surface area contributed by atoms with E-state index in [0.717, 1.165) is 12.0 Å². The van der Waals surface area contributed by atoms with Gasteiger partial charge in [0.05, 0.1) is 17.5 Å². The number of aromatic hydroxyl groups is 1. The molecule has 0 spiro atoms. The number of benzene rings is 1. The maximum absolute atomic E-state index is 12.8. The Morgan fingerprint density at radius 3 is 2.79 bits per heavy atom. The van der Waals surface area contributed by atoms with Gasteiger partial charge in [0.15, 0.2) is 0 Å². The van der Waals surface area contributed by atoms with Crippen LogP contribution < -0.4 is 10.3 Å². The average molecular weight is 391 g/mol. The molecule has 0 saturated heterocycles. The quantitative estimate of drug-likeness (QED) is 0.738. The van der Waals surface area contributed by atoms with Crippen molar-refractivity contribution in [1.29, 1.82) is 0 Å². The topological polar surface area (TPSA) is 84.7 Å². The number of rotatable bonds is 4. The second-order valence-electron chi connectivity index (χ2n) is 7.07. The molecule has 0 atom stereocenters. The number of carbonyl (C=O) groups excluding carboxylic acids is 1. The van der Waals surface area contributed by atoms with Crippen molar-refractivity contribution in [1.82, 2.24) is 14.5 Å². The Bertz CT molecular complexity index is 1110. The molecule has 7 heteroatoms. The summed E-state index contributed by atoms with van der Waals surface area (Å²) < 4.78 is 7.23. The summed E-state index contributed by atoms with van der Waals surface area (Å²) in [4.78, 5) is 30.3. The van der Waals surface area contributed by atoms with Crippen molar-refractivity contribution < 1.29 is 14.6 Å². The Kier molecular flexibility index (Phi) is 5.03. The normalized spacial score (nSPS) is 13.1. The summed E-state index contributed by atoms with van der Waals surface area (Å²) in [5, 5.41) is 9.30. The van der Waals surface area contributed by atoms with Crippen molar-refractivity contribution in [3.8, 4) is 11.5 Å². The van der Waals surface area contributed by atoms with Crippen molar-refractivity contribution in [2.75, 3.05) is 6.54 Å². The van der Waals surface area contributed by atoms with Crippen LogP contribution in [0.1, 0.15) is 27.2 Å². The molecule has 0 radical (unpaired) electrons. The fraction of sp³-hybridized carbons (Fsp3) is 0.227. The largest absolute Gasteiger partial charge is 0.506 e. The fourth-order valence-corrected chi connectivity index (χ4v) is 3.36. The second kappa shape index (κ2) is 7.79. The van der Waals surface area contributed by atoms with E-state index in [4.69, 9.17) is 4.74 Å². The predicted octanol–water partition coefficient (Wildman–Crippen LogP) is 2.26. The maximum Gasteiger partial charge on any atom is 0.255 e. The number of aromatic nitrogens is 2. The molecule has 2 aromatic heterocycles. The van der Waals surface area contributed by atoms with Crippen LogP contribution in [-0.4, -0.2) is 32.0 Å². The smallest absolute Gasteiger partial charge is 0.255 e. The SMILES string of the molecule is Cn1cc(C(=O)N2CCc3ccc(OCc4ccc(O)cn4)cc3C2)ccc1=O. The number of fused-ring (bicyclic) bond motifs is 1. The van der Waals surface area contributed by atoms with Gasteiger partial charge < -0.3 is 19.3 Å². The Morgan fingerprint density at radius 1 is 1.17 bits per heavy atom. The third-order valence-electron chi connectivity index (χ3n) is 5.01. The van der Waals surface area contributed by atoms with Crippen molar-refractivity contribution in [2.24, 2.45) is 7.05 Å². The zero-order valence-corrected chi connectivity index (χ0v) is 16.0. The van der Waals surface area contributed by atoms with Gasteiger partial charge in [-0.25, -0.2) is 0 Å². The lowest BCUT2D eigenvalue weighted by atomic mass is 9.99. The highest BCUT2D eigenvalue weighted by Crippen LogP contribution is 2.25. The Morgan fingerprint density at radius 2 is 2.03 bits per heavy atom. The summed E-state index contributed by atoms with van der Waals surface area (Å²) in [6.07, 6.45) is 3.73. The third kappa shape index (κ3) is 4.13. The van der Waals surface area contributed by atoms with E-state index < -0.39 is 0 Å². The monoisotopic (exact) mass is 391 g/mol. The summed E-state index contributed by atoms with van der Waals surface area (Å²) in [5.41, 5.74) is 3.32. The van der Waals surface area contributed by atoms with Crippen molar-refractivity contribution in [3.05, 3.63) is 87.6 Å². The van der Waals surface area contributed by atoms with Crippen LogP contribution in [0.15, 0.2) is 59.7 Å². The van der Waals surface area contributed by atoms with Crippen LogP contribution in [-0.2, 0) is 26.6 Å². The highest BCUT2D eigenvalue weighted by Gasteiger charge is 2.22. The Hall–Kier alpha value is -3.61. The van der Waals surface area contributed by atoms with E-state index in [9.17, 15) is 14.7 Å². The van der Waals surface area contributed by atoms with Gasteiger partial charge in [0.1, 0.15) is 18.1 Å². The summed E-state index contributed by atoms with van der Waals surface area (Å²) in [6.45, 7) is 1.41. The molecule has 0 fully saturated rings. The van der Waals surface area contributed by atoms with Crippen LogP contribution in [0.5, 0.6) is 11.5 Å². The van der Waals surface area contributed by atoms with E-state index in [0.29, 0.717) is 36.7 Å². The van der Waals surface area contributed by atoms with Crippen LogP contribution in [0.3, 0.4) is 0 Å².